The van der Waals surface area contributed by atoms with Gasteiger partial charge in [0.15, 0.2) is 0 Å². The van der Waals surface area contributed by atoms with Crippen LogP contribution in [-0.2, 0) is 23.6 Å². The SMILES string of the molecule is CNCc1cc(-c2ccccc2F)n(S(=O)(=O)c2ccc3c(ccn3C)c2)c1. The second-order valence-corrected chi connectivity index (χ2v) is 8.51. The summed E-state index contributed by atoms with van der Waals surface area (Å²) >= 11 is 0. The Morgan fingerprint density at radius 2 is 1.86 bits per heavy atom. The maximum atomic E-state index is 14.4. The third-order valence-electron chi connectivity index (χ3n) is 4.79. The topological polar surface area (TPSA) is 56.0 Å². The van der Waals surface area contributed by atoms with E-state index < -0.39 is 15.8 Å². The van der Waals surface area contributed by atoms with E-state index in [1.165, 1.54) is 10.0 Å². The quantitative estimate of drug-likeness (QED) is 0.558. The van der Waals surface area contributed by atoms with Gasteiger partial charge in [0, 0.05) is 42.5 Å². The lowest BCUT2D eigenvalue weighted by Crippen LogP contribution is -2.14. The minimum absolute atomic E-state index is 0.162. The van der Waals surface area contributed by atoms with Crippen LogP contribution in [0.5, 0.6) is 0 Å². The Labute approximate surface area is 163 Å². The zero-order valence-corrected chi connectivity index (χ0v) is 16.4. The third-order valence-corrected chi connectivity index (χ3v) is 6.46. The molecule has 0 radical (unpaired) electrons. The van der Waals surface area contributed by atoms with Gasteiger partial charge in [0.1, 0.15) is 5.82 Å². The van der Waals surface area contributed by atoms with E-state index in [1.54, 1.807) is 55.7 Å². The third kappa shape index (κ3) is 3.02. The van der Waals surface area contributed by atoms with Crippen molar-refractivity contribution in [3.63, 3.8) is 0 Å². The highest BCUT2D eigenvalue weighted by Gasteiger charge is 2.23. The summed E-state index contributed by atoms with van der Waals surface area (Å²) < 4.78 is 44.4. The van der Waals surface area contributed by atoms with Crippen LogP contribution in [0, 0.1) is 5.82 Å². The number of nitrogens with one attached hydrogen (secondary N) is 1. The number of hydrogen-bond donors (Lipinski definition) is 1. The Hall–Kier alpha value is -2.90. The van der Waals surface area contributed by atoms with Crippen molar-refractivity contribution in [2.45, 2.75) is 11.4 Å². The first-order chi connectivity index (χ1) is 13.4. The molecule has 0 fully saturated rings. The van der Waals surface area contributed by atoms with E-state index in [4.69, 9.17) is 0 Å². The lowest BCUT2D eigenvalue weighted by atomic mass is 10.1. The van der Waals surface area contributed by atoms with Crippen LogP contribution in [0.1, 0.15) is 5.56 Å². The first kappa shape index (κ1) is 18.5. The molecule has 0 amide bonds. The van der Waals surface area contributed by atoms with Crippen LogP contribution >= 0.6 is 0 Å². The van der Waals surface area contributed by atoms with Gasteiger partial charge >= 0.3 is 0 Å². The minimum atomic E-state index is -3.90. The van der Waals surface area contributed by atoms with Gasteiger partial charge in [-0.1, -0.05) is 12.1 Å². The zero-order valence-electron chi connectivity index (χ0n) is 15.6. The van der Waals surface area contributed by atoms with Crippen molar-refractivity contribution < 1.29 is 12.8 Å². The van der Waals surface area contributed by atoms with Crippen molar-refractivity contribution in [1.82, 2.24) is 13.9 Å². The van der Waals surface area contributed by atoms with E-state index >= 15 is 0 Å². The van der Waals surface area contributed by atoms with Crippen molar-refractivity contribution in [3.05, 3.63) is 78.4 Å². The van der Waals surface area contributed by atoms with Gasteiger partial charge < -0.3 is 9.88 Å². The molecule has 0 saturated heterocycles. The van der Waals surface area contributed by atoms with Gasteiger partial charge in [-0.2, -0.15) is 0 Å². The molecule has 144 valence electrons. The van der Waals surface area contributed by atoms with Crippen molar-refractivity contribution in [2.75, 3.05) is 7.05 Å². The smallest absolute Gasteiger partial charge is 0.268 e. The standard InChI is InChI=1S/C21H20FN3O2S/c1-23-13-15-11-21(18-5-3-4-6-19(18)22)25(14-15)28(26,27)17-7-8-20-16(12-17)9-10-24(20)2/h3-12,14,23H,13H2,1-2H3. The summed E-state index contributed by atoms with van der Waals surface area (Å²) in [5.74, 6) is -0.466. The van der Waals surface area contributed by atoms with Gasteiger partial charge in [-0.05, 0) is 55.1 Å². The molecule has 5 nitrogen and oxygen atoms in total. The molecule has 4 aromatic rings. The second kappa shape index (κ2) is 6.92. The van der Waals surface area contributed by atoms with E-state index in [0.717, 1.165) is 16.5 Å². The van der Waals surface area contributed by atoms with Crippen LogP contribution in [0.2, 0.25) is 0 Å². The van der Waals surface area contributed by atoms with Gasteiger partial charge in [-0.25, -0.2) is 16.8 Å². The molecule has 2 aromatic heterocycles. The molecule has 0 aliphatic heterocycles. The van der Waals surface area contributed by atoms with Crippen LogP contribution in [0.25, 0.3) is 22.2 Å². The molecule has 0 spiro atoms. The summed E-state index contributed by atoms with van der Waals surface area (Å²) in [6, 6.07) is 14.8. The second-order valence-electron chi connectivity index (χ2n) is 6.69. The van der Waals surface area contributed by atoms with Crippen LogP contribution < -0.4 is 5.32 Å². The Kier molecular flexibility index (Phi) is 4.56. The van der Waals surface area contributed by atoms with E-state index in [2.05, 4.69) is 5.32 Å². The average molecular weight is 397 g/mol. The fourth-order valence-electron chi connectivity index (χ4n) is 3.40. The van der Waals surface area contributed by atoms with E-state index in [0.29, 0.717) is 12.2 Å². The highest BCUT2D eigenvalue weighted by molar-refractivity contribution is 7.90. The first-order valence-corrected chi connectivity index (χ1v) is 10.3. The largest absolute Gasteiger partial charge is 0.351 e. The number of benzene rings is 2. The molecule has 0 saturated carbocycles. The van der Waals surface area contributed by atoms with Crippen molar-refractivity contribution >= 4 is 20.9 Å². The predicted molar refractivity (Wildman–Crippen MR) is 108 cm³/mol. The van der Waals surface area contributed by atoms with Gasteiger partial charge in [-0.3, -0.25) is 0 Å². The Morgan fingerprint density at radius 1 is 1.07 bits per heavy atom. The van der Waals surface area contributed by atoms with Crippen molar-refractivity contribution in [3.8, 4) is 11.3 Å². The van der Waals surface area contributed by atoms with E-state index in [9.17, 15) is 12.8 Å². The summed E-state index contributed by atoms with van der Waals surface area (Å²) in [5.41, 5.74) is 2.24. The van der Waals surface area contributed by atoms with Crippen LogP contribution in [-0.4, -0.2) is 24.0 Å². The molecule has 28 heavy (non-hydrogen) atoms. The monoisotopic (exact) mass is 397 g/mol. The normalized spacial score (nSPS) is 12.0. The summed E-state index contributed by atoms with van der Waals surface area (Å²) in [5, 5.41) is 3.84. The predicted octanol–water partition coefficient (Wildman–Crippen LogP) is 3.74. The number of aromatic nitrogens is 2. The molecule has 0 aliphatic rings. The fraction of sp³-hybridized carbons (Fsp3) is 0.143. The van der Waals surface area contributed by atoms with Gasteiger partial charge in [0.25, 0.3) is 10.0 Å². The molecule has 7 heteroatoms. The molecule has 1 N–H and O–H groups in total. The molecular formula is C21H20FN3O2S. The first-order valence-electron chi connectivity index (χ1n) is 8.83. The number of rotatable bonds is 5. The summed E-state index contributed by atoms with van der Waals surface area (Å²) in [6.45, 7) is 0.474. The molecule has 2 heterocycles. The summed E-state index contributed by atoms with van der Waals surface area (Å²) in [6.07, 6.45) is 3.43. The number of hydrogen-bond acceptors (Lipinski definition) is 3. The zero-order chi connectivity index (χ0) is 19.9. The maximum absolute atomic E-state index is 14.4. The van der Waals surface area contributed by atoms with Crippen LogP contribution in [0.3, 0.4) is 0 Å². The molecule has 0 atom stereocenters. The van der Waals surface area contributed by atoms with Crippen molar-refractivity contribution in [2.24, 2.45) is 7.05 Å². The average Bonchev–Trinajstić information content (AvgIpc) is 3.27. The molecule has 0 aliphatic carbocycles. The molecule has 0 bridgehead atoms. The lowest BCUT2D eigenvalue weighted by molar-refractivity contribution is 0.587. The lowest BCUT2D eigenvalue weighted by Gasteiger charge is -2.11. The van der Waals surface area contributed by atoms with Crippen LogP contribution in [0.15, 0.2) is 71.9 Å². The molecule has 0 unspecified atom stereocenters. The summed E-state index contributed by atoms with van der Waals surface area (Å²) in [4.78, 5) is 0.162. The Morgan fingerprint density at radius 3 is 2.61 bits per heavy atom. The highest BCUT2D eigenvalue weighted by Crippen LogP contribution is 2.30. The van der Waals surface area contributed by atoms with Gasteiger partial charge in [-0.15, -0.1) is 0 Å². The number of fused-ring (bicyclic) bond motifs is 1. The summed E-state index contributed by atoms with van der Waals surface area (Å²) in [7, 11) is -0.220. The molecule has 4 rings (SSSR count). The number of nitrogens with zero attached hydrogens (tertiary/aromatic N) is 2. The van der Waals surface area contributed by atoms with Crippen molar-refractivity contribution in [1.29, 1.82) is 0 Å². The number of aryl methyl sites for hydroxylation is 1. The van der Waals surface area contributed by atoms with Gasteiger partial charge in [0.2, 0.25) is 0 Å². The highest BCUT2D eigenvalue weighted by atomic mass is 32.2. The molecular weight excluding hydrogens is 377 g/mol. The molecule has 2 aromatic carbocycles. The fourth-order valence-corrected chi connectivity index (χ4v) is 4.82. The minimum Gasteiger partial charge on any atom is -0.351 e. The van der Waals surface area contributed by atoms with Gasteiger partial charge in [0.05, 0.1) is 10.6 Å². The van der Waals surface area contributed by atoms with E-state index in [-0.39, 0.29) is 10.5 Å². The maximum Gasteiger partial charge on any atom is 0.268 e. The Balaban J connectivity index is 1.92. The Bertz CT molecular complexity index is 1270. The number of halogens is 1. The van der Waals surface area contributed by atoms with Crippen LogP contribution in [0.4, 0.5) is 4.39 Å². The van der Waals surface area contributed by atoms with E-state index in [1.807, 2.05) is 23.9 Å².